The second kappa shape index (κ2) is 9.47. The van der Waals surface area contributed by atoms with Crippen LogP contribution < -0.4 is 29.9 Å². The molecule has 0 atom stereocenters. The van der Waals surface area contributed by atoms with E-state index in [1.54, 1.807) is 25.3 Å². The molecule has 1 aliphatic heterocycles. The molecular formula is C24H24N2O6. The van der Waals surface area contributed by atoms with Gasteiger partial charge in [-0.3, -0.25) is 9.59 Å². The lowest BCUT2D eigenvalue weighted by atomic mass is 10.2. The van der Waals surface area contributed by atoms with Gasteiger partial charge in [-0.1, -0.05) is 18.2 Å². The third-order valence-corrected chi connectivity index (χ3v) is 5.22. The smallest absolute Gasteiger partial charge is 0.262 e. The van der Waals surface area contributed by atoms with E-state index in [9.17, 15) is 9.59 Å². The predicted octanol–water partition coefficient (Wildman–Crippen LogP) is 3.24. The maximum absolute atomic E-state index is 12.4. The van der Waals surface area contributed by atoms with Crippen molar-refractivity contribution in [1.82, 2.24) is 0 Å². The number of amides is 1. The van der Waals surface area contributed by atoms with E-state index in [1.165, 1.54) is 25.0 Å². The van der Waals surface area contributed by atoms with Gasteiger partial charge in [0.05, 0.1) is 26.5 Å². The molecule has 3 aromatic rings. The van der Waals surface area contributed by atoms with Crippen LogP contribution in [-0.2, 0) is 17.8 Å². The molecule has 0 fully saturated rings. The molecule has 2 aromatic carbocycles. The monoisotopic (exact) mass is 436 g/mol. The zero-order valence-electron chi connectivity index (χ0n) is 17.9. The Labute approximate surface area is 185 Å². The first kappa shape index (κ1) is 21.3. The third kappa shape index (κ3) is 4.69. The summed E-state index contributed by atoms with van der Waals surface area (Å²) in [5, 5.41) is 2.69. The molecule has 1 aliphatic rings. The highest BCUT2D eigenvalue weighted by molar-refractivity contribution is 5.93. The first-order chi connectivity index (χ1) is 15.6. The van der Waals surface area contributed by atoms with Crippen molar-refractivity contribution < 1.29 is 23.4 Å². The van der Waals surface area contributed by atoms with Crippen LogP contribution in [0.15, 0.2) is 64.0 Å². The van der Waals surface area contributed by atoms with Crippen LogP contribution in [0.1, 0.15) is 11.3 Å². The number of ether oxygens (including phenoxy) is 3. The number of para-hydroxylation sites is 1. The molecule has 1 N–H and O–H groups in total. The zero-order valence-corrected chi connectivity index (χ0v) is 17.9. The van der Waals surface area contributed by atoms with E-state index in [0.29, 0.717) is 29.5 Å². The van der Waals surface area contributed by atoms with E-state index >= 15 is 0 Å². The molecule has 8 nitrogen and oxygen atoms in total. The molecular weight excluding hydrogens is 412 g/mol. The molecule has 0 spiro atoms. The molecule has 4 rings (SSSR count). The number of nitrogens with one attached hydrogen (secondary N) is 1. The van der Waals surface area contributed by atoms with Gasteiger partial charge in [-0.25, -0.2) is 0 Å². The van der Waals surface area contributed by atoms with E-state index in [2.05, 4.69) is 22.3 Å². The minimum atomic E-state index is -0.439. The fourth-order valence-corrected chi connectivity index (χ4v) is 3.62. The van der Waals surface area contributed by atoms with Crippen LogP contribution in [0.2, 0.25) is 0 Å². The number of hydrogen-bond donors (Lipinski definition) is 1. The van der Waals surface area contributed by atoms with Crippen LogP contribution in [0.3, 0.4) is 0 Å². The van der Waals surface area contributed by atoms with Crippen molar-refractivity contribution >= 4 is 17.3 Å². The standard InChI is InChI=1S/C24H24N2O6/c1-29-17-7-8-19(22(12-17)30-2)25-24(28)15-32-23-14-31-18(11-21(23)27)13-26-10-9-16-5-3-4-6-20(16)26/h3-8,11-12,14H,9-10,13,15H2,1-2H3,(H,25,28). The van der Waals surface area contributed by atoms with Crippen LogP contribution in [0, 0.1) is 0 Å². The SMILES string of the molecule is COc1ccc(NC(=O)COc2coc(CN3CCc4ccccc43)cc2=O)c(OC)c1. The summed E-state index contributed by atoms with van der Waals surface area (Å²) in [4.78, 5) is 26.9. The van der Waals surface area contributed by atoms with Gasteiger partial charge < -0.3 is 28.8 Å². The number of fused-ring (bicyclic) bond motifs is 1. The lowest BCUT2D eigenvalue weighted by molar-refractivity contribution is -0.118. The van der Waals surface area contributed by atoms with Crippen LogP contribution in [0.4, 0.5) is 11.4 Å². The average molecular weight is 436 g/mol. The third-order valence-electron chi connectivity index (χ3n) is 5.22. The number of benzene rings is 2. The lowest BCUT2D eigenvalue weighted by Gasteiger charge is -2.18. The Kier molecular flexibility index (Phi) is 6.30. The fraction of sp³-hybridized carbons (Fsp3) is 0.250. The van der Waals surface area contributed by atoms with E-state index in [4.69, 9.17) is 18.6 Å². The van der Waals surface area contributed by atoms with Crippen molar-refractivity contribution in [2.24, 2.45) is 0 Å². The first-order valence-electron chi connectivity index (χ1n) is 10.2. The molecule has 1 aromatic heterocycles. The zero-order chi connectivity index (χ0) is 22.5. The van der Waals surface area contributed by atoms with Gasteiger partial charge in [0, 0.05) is 24.4 Å². The Bertz CT molecular complexity index is 1170. The van der Waals surface area contributed by atoms with Crippen molar-refractivity contribution in [1.29, 1.82) is 0 Å². The molecule has 0 radical (unpaired) electrons. The molecule has 32 heavy (non-hydrogen) atoms. The summed E-state index contributed by atoms with van der Waals surface area (Å²) >= 11 is 0. The topological polar surface area (TPSA) is 90.2 Å². The number of nitrogens with zero attached hydrogens (tertiary/aromatic N) is 1. The summed E-state index contributed by atoms with van der Waals surface area (Å²) in [7, 11) is 3.04. The van der Waals surface area contributed by atoms with Crippen molar-refractivity contribution in [3.8, 4) is 17.2 Å². The lowest BCUT2D eigenvalue weighted by Crippen LogP contribution is -2.23. The van der Waals surface area contributed by atoms with E-state index < -0.39 is 5.91 Å². The predicted molar refractivity (Wildman–Crippen MR) is 120 cm³/mol. The highest BCUT2D eigenvalue weighted by Gasteiger charge is 2.19. The van der Waals surface area contributed by atoms with Gasteiger partial charge >= 0.3 is 0 Å². The summed E-state index contributed by atoms with van der Waals surface area (Å²) < 4.78 is 21.4. The molecule has 0 saturated heterocycles. The van der Waals surface area contributed by atoms with Gasteiger partial charge in [-0.15, -0.1) is 0 Å². The average Bonchev–Trinajstić information content (AvgIpc) is 3.21. The number of hydrogen-bond acceptors (Lipinski definition) is 7. The highest BCUT2D eigenvalue weighted by atomic mass is 16.5. The van der Waals surface area contributed by atoms with Crippen molar-refractivity contribution in [3.63, 3.8) is 0 Å². The minimum absolute atomic E-state index is 0.0209. The second-order valence-corrected chi connectivity index (χ2v) is 7.28. The molecule has 0 aliphatic carbocycles. The van der Waals surface area contributed by atoms with E-state index in [-0.39, 0.29) is 17.8 Å². The van der Waals surface area contributed by atoms with Crippen molar-refractivity contribution in [2.75, 3.05) is 37.6 Å². The molecule has 166 valence electrons. The Balaban J connectivity index is 1.35. The number of rotatable bonds is 8. The van der Waals surface area contributed by atoms with Gasteiger partial charge in [0.1, 0.15) is 23.5 Å². The number of anilines is 2. The Morgan fingerprint density at radius 1 is 1.09 bits per heavy atom. The molecule has 8 heteroatoms. The Morgan fingerprint density at radius 2 is 1.94 bits per heavy atom. The quantitative estimate of drug-likeness (QED) is 0.580. The van der Waals surface area contributed by atoms with Gasteiger partial charge in [0.25, 0.3) is 5.91 Å². The number of methoxy groups -OCH3 is 2. The fourth-order valence-electron chi connectivity index (χ4n) is 3.62. The van der Waals surface area contributed by atoms with Crippen LogP contribution >= 0.6 is 0 Å². The van der Waals surface area contributed by atoms with Gasteiger partial charge in [0.15, 0.2) is 6.61 Å². The van der Waals surface area contributed by atoms with Crippen LogP contribution in [0.25, 0.3) is 0 Å². The maximum Gasteiger partial charge on any atom is 0.262 e. The van der Waals surface area contributed by atoms with Gasteiger partial charge in [0.2, 0.25) is 11.2 Å². The molecule has 1 amide bonds. The minimum Gasteiger partial charge on any atom is -0.497 e. The Hall–Kier alpha value is -3.94. The van der Waals surface area contributed by atoms with Crippen LogP contribution in [0.5, 0.6) is 17.2 Å². The summed E-state index contributed by atoms with van der Waals surface area (Å²) in [5.41, 5.74) is 2.57. The van der Waals surface area contributed by atoms with Crippen LogP contribution in [-0.4, -0.2) is 33.3 Å². The molecule has 0 bridgehead atoms. The second-order valence-electron chi connectivity index (χ2n) is 7.28. The van der Waals surface area contributed by atoms with E-state index in [0.717, 1.165) is 18.7 Å². The summed E-state index contributed by atoms with van der Waals surface area (Å²) in [6, 6.07) is 14.6. The molecule has 0 unspecified atom stereocenters. The molecule has 2 heterocycles. The summed E-state index contributed by atoms with van der Waals surface area (Å²) in [6.07, 6.45) is 2.22. The largest absolute Gasteiger partial charge is 0.497 e. The van der Waals surface area contributed by atoms with E-state index in [1.807, 2.05) is 12.1 Å². The molecule has 0 saturated carbocycles. The highest BCUT2D eigenvalue weighted by Crippen LogP contribution is 2.30. The van der Waals surface area contributed by atoms with Gasteiger partial charge in [-0.2, -0.15) is 0 Å². The Morgan fingerprint density at radius 3 is 2.72 bits per heavy atom. The summed E-state index contributed by atoms with van der Waals surface area (Å²) in [6.45, 7) is 1.01. The number of carbonyl (C=O) groups is 1. The first-order valence-corrected chi connectivity index (χ1v) is 10.2. The van der Waals surface area contributed by atoms with Gasteiger partial charge in [-0.05, 0) is 30.2 Å². The normalized spacial score (nSPS) is 12.2. The van der Waals surface area contributed by atoms with Crippen molar-refractivity contribution in [2.45, 2.75) is 13.0 Å². The summed E-state index contributed by atoms with van der Waals surface area (Å²) in [5.74, 6) is 1.13. The maximum atomic E-state index is 12.4. The van der Waals surface area contributed by atoms with Crippen molar-refractivity contribution in [3.05, 3.63) is 76.3 Å². The number of carbonyl (C=O) groups excluding carboxylic acids is 1.